The molecule has 2 aromatic carbocycles. The molecular weight excluding hydrogens is 508 g/mol. The van der Waals surface area contributed by atoms with Crippen molar-refractivity contribution in [2.75, 3.05) is 11.4 Å². The summed E-state index contributed by atoms with van der Waals surface area (Å²) in [5.41, 5.74) is 1.86. The monoisotopic (exact) mass is 550 g/mol. The standard InChI is InChI=1S/C35H42N4S/c1-2-3-4-5-6-7-8-9-10-11-12-13-14-17-24-39-33-18-15-16-19-34(33)40-35(39)25-31(26-36)29-20-22-30(23-21-29)32(27-37)28-38/h15-16,18-23,25H,2-14,17,24H2,1H3/b35-25-. The van der Waals surface area contributed by atoms with Gasteiger partial charge in [0.25, 0.3) is 0 Å². The number of allylic oxidation sites excluding steroid dienone is 1. The van der Waals surface area contributed by atoms with Gasteiger partial charge < -0.3 is 4.90 Å². The lowest BCUT2D eigenvalue weighted by Crippen LogP contribution is -2.19. The first-order valence-electron chi connectivity index (χ1n) is 15.0. The van der Waals surface area contributed by atoms with Crippen LogP contribution in [0.3, 0.4) is 0 Å². The Hall–Kier alpha value is -3.46. The van der Waals surface area contributed by atoms with E-state index in [9.17, 15) is 5.26 Å². The Morgan fingerprint density at radius 2 is 1.20 bits per heavy atom. The molecule has 1 aliphatic heterocycles. The van der Waals surface area contributed by atoms with Crippen molar-refractivity contribution in [2.45, 2.75) is 102 Å². The van der Waals surface area contributed by atoms with Crippen LogP contribution in [0.15, 0.2) is 64.5 Å². The molecule has 0 spiro atoms. The smallest absolute Gasteiger partial charge is 0.136 e. The highest BCUT2D eigenvalue weighted by atomic mass is 32.2. The van der Waals surface area contributed by atoms with E-state index in [2.05, 4.69) is 42.2 Å². The molecule has 0 amide bonds. The minimum absolute atomic E-state index is 0.0737. The molecule has 0 saturated carbocycles. The minimum atomic E-state index is 0.0737. The van der Waals surface area contributed by atoms with Gasteiger partial charge in [0.1, 0.15) is 17.7 Å². The number of unbranched alkanes of at least 4 members (excludes halogenated alkanes) is 13. The fraction of sp³-hybridized carbons (Fsp3) is 0.457. The van der Waals surface area contributed by atoms with Gasteiger partial charge in [0.05, 0.1) is 22.4 Å². The first-order chi connectivity index (χ1) is 19.7. The summed E-state index contributed by atoms with van der Waals surface area (Å²) < 4.78 is 0. The van der Waals surface area contributed by atoms with Gasteiger partial charge in [0, 0.05) is 16.7 Å². The van der Waals surface area contributed by atoms with Crippen LogP contribution in [-0.4, -0.2) is 6.54 Å². The number of hydrogen-bond acceptors (Lipinski definition) is 5. The average molecular weight is 551 g/mol. The second-order valence-electron chi connectivity index (χ2n) is 10.5. The zero-order valence-corrected chi connectivity index (χ0v) is 24.8. The maximum atomic E-state index is 9.95. The van der Waals surface area contributed by atoms with Gasteiger partial charge in [-0.05, 0) is 29.8 Å². The van der Waals surface area contributed by atoms with Crippen LogP contribution in [0.2, 0.25) is 0 Å². The molecule has 1 aliphatic rings. The van der Waals surface area contributed by atoms with Gasteiger partial charge in [-0.25, -0.2) is 0 Å². The van der Waals surface area contributed by atoms with E-state index in [0.717, 1.165) is 23.2 Å². The molecular formula is C35H42N4S. The van der Waals surface area contributed by atoms with Crippen molar-refractivity contribution in [1.29, 1.82) is 15.8 Å². The predicted octanol–water partition coefficient (Wildman–Crippen LogP) is 8.49. The van der Waals surface area contributed by atoms with E-state index >= 15 is 0 Å². The van der Waals surface area contributed by atoms with Gasteiger partial charge in [-0.3, -0.25) is 0 Å². The Morgan fingerprint density at radius 3 is 1.75 bits per heavy atom. The highest BCUT2D eigenvalue weighted by molar-refractivity contribution is 8.03. The van der Waals surface area contributed by atoms with Crippen molar-refractivity contribution in [2.24, 2.45) is 0 Å². The molecule has 40 heavy (non-hydrogen) atoms. The normalized spacial score (nSPS) is 12.9. The molecule has 208 valence electrons. The molecule has 0 radical (unpaired) electrons. The molecule has 1 heterocycles. The molecule has 5 heteroatoms. The number of rotatable bonds is 16. The number of hydrogen-bond donors (Lipinski definition) is 0. The molecule has 0 bridgehead atoms. The highest BCUT2D eigenvalue weighted by Crippen LogP contribution is 2.46. The van der Waals surface area contributed by atoms with Crippen molar-refractivity contribution in [3.8, 4) is 18.2 Å². The second kappa shape index (κ2) is 18.0. The third kappa shape index (κ3) is 9.62. The summed E-state index contributed by atoms with van der Waals surface area (Å²) in [6.07, 6.45) is 20.8. The lowest BCUT2D eigenvalue weighted by atomic mass is 10.0. The van der Waals surface area contributed by atoms with Crippen LogP contribution in [0.4, 0.5) is 5.69 Å². The van der Waals surface area contributed by atoms with E-state index in [-0.39, 0.29) is 5.57 Å². The third-order valence-corrected chi connectivity index (χ3v) is 8.58. The number of benzene rings is 2. The molecule has 0 fully saturated rings. The molecule has 0 atom stereocenters. The third-order valence-electron chi connectivity index (χ3n) is 7.47. The summed E-state index contributed by atoms with van der Waals surface area (Å²) in [5.74, 6) is 0. The van der Waals surface area contributed by atoms with Crippen molar-refractivity contribution < 1.29 is 0 Å². The molecule has 0 saturated heterocycles. The van der Waals surface area contributed by atoms with E-state index in [1.54, 1.807) is 23.9 Å². The zero-order valence-electron chi connectivity index (χ0n) is 24.0. The van der Waals surface area contributed by atoms with Gasteiger partial charge in [-0.1, -0.05) is 139 Å². The van der Waals surface area contributed by atoms with Crippen LogP contribution in [0, 0.1) is 34.0 Å². The van der Waals surface area contributed by atoms with Crippen molar-refractivity contribution in [1.82, 2.24) is 0 Å². The van der Waals surface area contributed by atoms with E-state index in [0.29, 0.717) is 10.8 Å². The maximum absolute atomic E-state index is 9.95. The lowest BCUT2D eigenvalue weighted by molar-refractivity contribution is 0.536. The molecule has 0 N–H and O–H groups in total. The predicted molar refractivity (Wildman–Crippen MR) is 167 cm³/mol. The van der Waals surface area contributed by atoms with E-state index in [1.807, 2.05) is 30.3 Å². The Bertz CT molecular complexity index is 1330. The first kappa shape index (κ1) is 31.1. The fourth-order valence-electron chi connectivity index (χ4n) is 5.13. The van der Waals surface area contributed by atoms with Gasteiger partial charge in [-0.2, -0.15) is 15.8 Å². The number of thioether (sulfide) groups is 1. The number of para-hydroxylation sites is 1. The Morgan fingerprint density at radius 1 is 0.675 bits per heavy atom. The van der Waals surface area contributed by atoms with E-state index < -0.39 is 0 Å². The van der Waals surface area contributed by atoms with Crippen molar-refractivity contribution in [3.63, 3.8) is 0 Å². The van der Waals surface area contributed by atoms with Crippen LogP contribution < -0.4 is 15.3 Å². The second-order valence-corrected chi connectivity index (χ2v) is 11.6. The average Bonchev–Trinajstić information content (AvgIpc) is 3.34. The summed E-state index contributed by atoms with van der Waals surface area (Å²) in [6, 6.07) is 21.7. The van der Waals surface area contributed by atoms with Crippen LogP contribution in [0.25, 0.3) is 11.1 Å². The molecule has 4 nitrogen and oxygen atoms in total. The summed E-state index contributed by atoms with van der Waals surface area (Å²) in [5, 5.41) is 30.6. The van der Waals surface area contributed by atoms with E-state index in [4.69, 9.17) is 10.5 Å². The number of nitrogens with zero attached hydrogens (tertiary/aromatic N) is 4. The van der Waals surface area contributed by atoms with Crippen molar-refractivity contribution in [3.05, 3.63) is 70.1 Å². The van der Waals surface area contributed by atoms with Gasteiger partial charge in [0.15, 0.2) is 0 Å². The maximum Gasteiger partial charge on any atom is 0.136 e. The summed E-state index contributed by atoms with van der Waals surface area (Å²) >= 11 is 1.71. The minimum Gasteiger partial charge on any atom is -0.335 e. The van der Waals surface area contributed by atoms with Crippen LogP contribution in [0.1, 0.15) is 96.8 Å². The molecule has 3 rings (SSSR count). The number of anilines is 1. The van der Waals surface area contributed by atoms with Crippen molar-refractivity contribution >= 4 is 28.6 Å². The van der Waals surface area contributed by atoms with Crippen LogP contribution >= 0.6 is 11.8 Å². The molecule has 0 unspecified atom stereocenters. The molecule has 0 aliphatic carbocycles. The number of nitriles is 3. The molecule has 0 aromatic heterocycles. The van der Waals surface area contributed by atoms with Gasteiger partial charge in [0.2, 0.25) is 0 Å². The van der Waals surface area contributed by atoms with Crippen LogP contribution in [-0.2, 0) is 0 Å². The Balaban J connectivity index is 1.52. The summed E-state index contributed by atoms with van der Waals surface area (Å²) in [6.45, 7) is 3.22. The Labute approximate surface area is 245 Å². The zero-order chi connectivity index (χ0) is 28.4. The largest absolute Gasteiger partial charge is 0.335 e. The lowest BCUT2D eigenvalue weighted by Gasteiger charge is -2.20. The summed E-state index contributed by atoms with van der Waals surface area (Å²) in [7, 11) is 0. The number of fused-ring (bicyclic) bond motifs is 1. The van der Waals surface area contributed by atoms with Gasteiger partial charge >= 0.3 is 0 Å². The highest BCUT2D eigenvalue weighted by Gasteiger charge is 2.24. The fourth-order valence-corrected chi connectivity index (χ4v) is 6.26. The molecule has 2 aromatic rings. The first-order valence-corrected chi connectivity index (χ1v) is 15.8. The van der Waals surface area contributed by atoms with Gasteiger partial charge in [-0.15, -0.1) is 0 Å². The summed E-state index contributed by atoms with van der Waals surface area (Å²) in [4.78, 5) is 3.57. The quantitative estimate of drug-likeness (QED) is 0.196. The Kier molecular flexibility index (Phi) is 14.0. The van der Waals surface area contributed by atoms with Crippen LogP contribution in [0.5, 0.6) is 0 Å². The topological polar surface area (TPSA) is 74.6 Å². The SMILES string of the molecule is CCCCCCCCCCCCCCCCN1/C(=C/C(C#N)=c2ccc(=C(C#N)C#N)cc2)Sc2ccccc21. The van der Waals surface area contributed by atoms with E-state index in [1.165, 1.54) is 94.1 Å².